The normalized spacial score (nSPS) is 11.0. The largest absolute Gasteiger partial charge is 0.350 e. The second-order valence-corrected chi connectivity index (χ2v) is 7.84. The molecule has 0 aliphatic carbocycles. The van der Waals surface area contributed by atoms with Crippen LogP contribution in [0.15, 0.2) is 53.4 Å². The maximum Gasteiger partial charge on any atom is 0.251 e. The molecule has 0 fully saturated rings. The van der Waals surface area contributed by atoms with Crippen molar-refractivity contribution in [1.82, 2.24) is 10.6 Å². The molecule has 2 aromatic rings. The number of nitrogens with one attached hydrogen (secondary N) is 2. The molecule has 0 saturated carbocycles. The summed E-state index contributed by atoms with van der Waals surface area (Å²) in [6.07, 6.45) is 1.06. The number of carbonyl (C=O) groups is 2. The van der Waals surface area contributed by atoms with Gasteiger partial charge >= 0.3 is 0 Å². The maximum atomic E-state index is 12.0. The van der Waals surface area contributed by atoms with Crippen LogP contribution in [-0.4, -0.2) is 33.0 Å². The van der Waals surface area contributed by atoms with Gasteiger partial charge < -0.3 is 10.6 Å². The lowest BCUT2D eigenvalue weighted by Crippen LogP contribution is -2.36. The summed E-state index contributed by atoms with van der Waals surface area (Å²) < 4.78 is 23.0. The molecule has 0 radical (unpaired) electrons. The van der Waals surface area contributed by atoms with Crippen LogP contribution in [0.5, 0.6) is 0 Å². The summed E-state index contributed by atoms with van der Waals surface area (Å²) >= 11 is 5.78. The Morgan fingerprint density at radius 1 is 1.04 bits per heavy atom. The van der Waals surface area contributed by atoms with E-state index in [1.54, 1.807) is 24.3 Å². The van der Waals surface area contributed by atoms with Gasteiger partial charge in [0.1, 0.15) is 0 Å². The van der Waals surface area contributed by atoms with E-state index in [0.717, 1.165) is 11.8 Å². The van der Waals surface area contributed by atoms with Crippen molar-refractivity contribution in [3.8, 4) is 0 Å². The van der Waals surface area contributed by atoms with E-state index in [1.165, 1.54) is 24.3 Å². The maximum absolute atomic E-state index is 12.0. The standard InChI is InChI=1S/C17H17ClN2O4S/c1-25(23,24)15-4-2-3-13(9-15)17(22)20-11-16(21)19-10-12-5-7-14(18)8-6-12/h2-9H,10-11H2,1H3,(H,19,21)(H,20,22). The van der Waals surface area contributed by atoms with Crippen LogP contribution in [-0.2, 0) is 21.2 Å². The zero-order valence-electron chi connectivity index (χ0n) is 13.5. The number of benzene rings is 2. The minimum atomic E-state index is -3.40. The molecular formula is C17H17ClN2O4S. The third-order valence-electron chi connectivity index (χ3n) is 3.34. The molecule has 25 heavy (non-hydrogen) atoms. The molecule has 0 spiro atoms. The number of hydrogen-bond donors (Lipinski definition) is 2. The van der Waals surface area contributed by atoms with Gasteiger partial charge in [-0.3, -0.25) is 9.59 Å². The van der Waals surface area contributed by atoms with Gasteiger partial charge in [0.15, 0.2) is 9.84 Å². The molecule has 6 nitrogen and oxygen atoms in total. The second-order valence-electron chi connectivity index (χ2n) is 5.39. The Morgan fingerprint density at radius 2 is 1.72 bits per heavy atom. The molecule has 2 amide bonds. The topological polar surface area (TPSA) is 92.3 Å². The average molecular weight is 381 g/mol. The first kappa shape index (κ1) is 19.0. The van der Waals surface area contributed by atoms with E-state index in [1.807, 2.05) is 0 Å². The van der Waals surface area contributed by atoms with E-state index in [4.69, 9.17) is 11.6 Å². The van der Waals surface area contributed by atoms with E-state index in [0.29, 0.717) is 11.6 Å². The van der Waals surface area contributed by atoms with Crippen molar-refractivity contribution >= 4 is 33.3 Å². The van der Waals surface area contributed by atoms with E-state index in [-0.39, 0.29) is 22.9 Å². The summed E-state index contributed by atoms with van der Waals surface area (Å²) in [7, 11) is -3.40. The molecule has 0 aliphatic heterocycles. The highest BCUT2D eigenvalue weighted by Gasteiger charge is 2.12. The highest BCUT2D eigenvalue weighted by atomic mass is 35.5. The number of carbonyl (C=O) groups excluding carboxylic acids is 2. The van der Waals surface area contributed by atoms with E-state index in [2.05, 4.69) is 10.6 Å². The molecule has 0 atom stereocenters. The predicted molar refractivity (Wildman–Crippen MR) is 95.2 cm³/mol. The van der Waals surface area contributed by atoms with Gasteiger partial charge in [0.25, 0.3) is 5.91 Å². The molecule has 0 saturated heterocycles. The predicted octanol–water partition coefficient (Wildman–Crippen LogP) is 1.79. The summed E-state index contributed by atoms with van der Waals surface area (Å²) in [5, 5.41) is 5.73. The monoisotopic (exact) mass is 380 g/mol. The first-order valence-corrected chi connectivity index (χ1v) is 9.62. The summed E-state index contributed by atoms with van der Waals surface area (Å²) in [6.45, 7) is 0.102. The van der Waals surface area contributed by atoms with Crippen LogP contribution in [0.4, 0.5) is 0 Å². The van der Waals surface area contributed by atoms with Crippen molar-refractivity contribution in [2.45, 2.75) is 11.4 Å². The first-order chi connectivity index (χ1) is 11.8. The minimum absolute atomic E-state index is 0.0485. The molecule has 0 unspecified atom stereocenters. The van der Waals surface area contributed by atoms with Crippen LogP contribution in [0.25, 0.3) is 0 Å². The number of hydrogen-bond acceptors (Lipinski definition) is 4. The third kappa shape index (κ3) is 5.88. The van der Waals surface area contributed by atoms with Crippen molar-refractivity contribution in [2.24, 2.45) is 0 Å². The molecule has 8 heteroatoms. The molecule has 2 aromatic carbocycles. The first-order valence-electron chi connectivity index (χ1n) is 7.35. The van der Waals surface area contributed by atoms with Crippen LogP contribution in [0.2, 0.25) is 5.02 Å². The fourth-order valence-corrected chi connectivity index (χ4v) is 2.79. The lowest BCUT2D eigenvalue weighted by atomic mass is 10.2. The number of sulfone groups is 1. The molecule has 132 valence electrons. The van der Waals surface area contributed by atoms with Gasteiger partial charge in [-0.25, -0.2) is 8.42 Å². The Bertz CT molecular complexity index is 880. The zero-order chi connectivity index (χ0) is 18.4. The summed E-state index contributed by atoms with van der Waals surface area (Å²) in [4.78, 5) is 23.9. The molecule has 0 heterocycles. The van der Waals surface area contributed by atoms with Crippen LogP contribution in [0.1, 0.15) is 15.9 Å². The van der Waals surface area contributed by atoms with Gasteiger partial charge in [0, 0.05) is 23.4 Å². The van der Waals surface area contributed by atoms with Crippen LogP contribution < -0.4 is 10.6 Å². The Kier molecular flexibility index (Phi) is 6.17. The molecule has 0 aromatic heterocycles. The highest BCUT2D eigenvalue weighted by molar-refractivity contribution is 7.90. The van der Waals surface area contributed by atoms with E-state index < -0.39 is 15.7 Å². The Labute approximate surface area is 151 Å². The number of halogens is 1. The number of amides is 2. The smallest absolute Gasteiger partial charge is 0.251 e. The van der Waals surface area contributed by atoms with Gasteiger partial charge in [-0.1, -0.05) is 29.8 Å². The van der Waals surface area contributed by atoms with Gasteiger partial charge in [-0.2, -0.15) is 0 Å². The van der Waals surface area contributed by atoms with E-state index in [9.17, 15) is 18.0 Å². The van der Waals surface area contributed by atoms with Crippen molar-refractivity contribution in [3.05, 3.63) is 64.7 Å². The SMILES string of the molecule is CS(=O)(=O)c1cccc(C(=O)NCC(=O)NCc2ccc(Cl)cc2)c1. The van der Waals surface area contributed by atoms with Crippen molar-refractivity contribution in [3.63, 3.8) is 0 Å². The van der Waals surface area contributed by atoms with Gasteiger partial charge in [-0.05, 0) is 35.9 Å². The molecule has 0 aliphatic rings. The lowest BCUT2D eigenvalue weighted by molar-refractivity contribution is -0.120. The van der Waals surface area contributed by atoms with Crippen molar-refractivity contribution in [1.29, 1.82) is 0 Å². The molecule has 0 bridgehead atoms. The summed E-state index contributed by atoms with van der Waals surface area (Å²) in [6, 6.07) is 12.7. The fourth-order valence-electron chi connectivity index (χ4n) is 2.00. The van der Waals surface area contributed by atoms with Crippen LogP contribution >= 0.6 is 11.6 Å². The molecule has 2 N–H and O–H groups in total. The molecular weight excluding hydrogens is 364 g/mol. The van der Waals surface area contributed by atoms with E-state index >= 15 is 0 Å². The Morgan fingerprint density at radius 3 is 2.36 bits per heavy atom. The van der Waals surface area contributed by atoms with Gasteiger partial charge in [-0.15, -0.1) is 0 Å². The highest BCUT2D eigenvalue weighted by Crippen LogP contribution is 2.11. The van der Waals surface area contributed by atoms with Crippen molar-refractivity contribution in [2.75, 3.05) is 12.8 Å². The molecule has 2 rings (SSSR count). The summed E-state index contributed by atoms with van der Waals surface area (Å²) in [5.74, 6) is -0.880. The fraction of sp³-hybridized carbons (Fsp3) is 0.176. The lowest BCUT2D eigenvalue weighted by Gasteiger charge is -2.08. The van der Waals surface area contributed by atoms with Crippen molar-refractivity contribution < 1.29 is 18.0 Å². The summed E-state index contributed by atoms with van der Waals surface area (Å²) in [5.41, 5.74) is 1.05. The second kappa shape index (κ2) is 8.13. The van der Waals surface area contributed by atoms with Crippen LogP contribution in [0, 0.1) is 0 Å². The number of rotatable bonds is 6. The minimum Gasteiger partial charge on any atom is -0.350 e. The zero-order valence-corrected chi connectivity index (χ0v) is 15.0. The quantitative estimate of drug-likeness (QED) is 0.799. The Balaban J connectivity index is 1.87. The third-order valence-corrected chi connectivity index (χ3v) is 4.70. The average Bonchev–Trinajstić information content (AvgIpc) is 2.58. The van der Waals surface area contributed by atoms with Crippen LogP contribution in [0.3, 0.4) is 0 Å². The van der Waals surface area contributed by atoms with Gasteiger partial charge in [0.05, 0.1) is 11.4 Å². The van der Waals surface area contributed by atoms with Gasteiger partial charge in [0.2, 0.25) is 5.91 Å². The Hall–Kier alpha value is -2.38.